The van der Waals surface area contributed by atoms with Crippen LogP contribution in [0.2, 0.25) is 0 Å². The smallest absolute Gasteiger partial charge is 0.342 e. The number of nitrogens with zero attached hydrogens (tertiary/aromatic N) is 5. The SMILES string of the molecule is C=CC(=O)Nc1cc(Nc2ncc(C(=O)OC(C)C)c(-c3cn(C)c4ccccc34)n2)c(OC)cc1N(C)C1C2CN(C)C[C@@H]21. The number of likely N-dealkylation sites (tertiary alicyclic amines) is 1. The monoisotopic (exact) mass is 609 g/mol. The number of aromatic nitrogens is 3. The predicted molar refractivity (Wildman–Crippen MR) is 176 cm³/mol. The summed E-state index contributed by atoms with van der Waals surface area (Å²) in [4.78, 5) is 39.6. The average molecular weight is 610 g/mol. The molecule has 1 aliphatic carbocycles. The third-order valence-corrected chi connectivity index (χ3v) is 8.67. The molecule has 4 aromatic rings. The number of benzene rings is 2. The fraction of sp³-hybridized carbons (Fsp3) is 0.353. The number of aryl methyl sites for hydroxylation is 1. The lowest BCUT2D eigenvalue weighted by Crippen LogP contribution is -2.31. The Labute approximate surface area is 262 Å². The van der Waals surface area contributed by atoms with Gasteiger partial charge >= 0.3 is 5.97 Å². The van der Waals surface area contributed by atoms with Crippen molar-refractivity contribution in [3.63, 3.8) is 0 Å². The van der Waals surface area contributed by atoms with E-state index in [1.54, 1.807) is 21.0 Å². The molecule has 1 amide bonds. The maximum Gasteiger partial charge on any atom is 0.342 e. The fourth-order valence-electron chi connectivity index (χ4n) is 6.58. The Bertz CT molecular complexity index is 1790. The third-order valence-electron chi connectivity index (χ3n) is 8.67. The number of amides is 1. The number of esters is 1. The van der Waals surface area contributed by atoms with E-state index in [-0.39, 0.29) is 23.5 Å². The highest BCUT2D eigenvalue weighted by molar-refractivity contribution is 6.04. The molecular weight excluding hydrogens is 570 g/mol. The van der Waals surface area contributed by atoms with Crippen molar-refractivity contribution in [2.24, 2.45) is 18.9 Å². The number of anilines is 4. The first-order valence-corrected chi connectivity index (χ1v) is 15.1. The van der Waals surface area contributed by atoms with Gasteiger partial charge in [0.25, 0.3) is 0 Å². The Morgan fingerprint density at radius 2 is 1.87 bits per heavy atom. The second-order valence-electron chi connectivity index (χ2n) is 12.1. The molecule has 3 atom stereocenters. The Balaban J connectivity index is 1.40. The second-order valence-corrected chi connectivity index (χ2v) is 12.1. The number of fused-ring (bicyclic) bond motifs is 2. The molecule has 11 nitrogen and oxygen atoms in total. The lowest BCUT2D eigenvalue weighted by atomic mass is 10.1. The van der Waals surface area contributed by atoms with Crippen molar-refractivity contribution in [3.8, 4) is 17.0 Å². The first-order valence-electron chi connectivity index (χ1n) is 15.1. The molecule has 45 heavy (non-hydrogen) atoms. The number of carbonyl (C=O) groups is 2. The summed E-state index contributed by atoms with van der Waals surface area (Å²) in [5, 5.41) is 7.19. The van der Waals surface area contributed by atoms with E-state index >= 15 is 0 Å². The third kappa shape index (κ3) is 5.71. The van der Waals surface area contributed by atoms with Crippen LogP contribution < -0.4 is 20.3 Å². The molecule has 2 aromatic heterocycles. The first kappa shape index (κ1) is 30.1. The largest absolute Gasteiger partial charge is 0.494 e. The molecule has 0 spiro atoms. The Morgan fingerprint density at radius 1 is 1.13 bits per heavy atom. The lowest BCUT2D eigenvalue weighted by Gasteiger charge is -2.27. The lowest BCUT2D eigenvalue weighted by molar-refractivity contribution is -0.111. The van der Waals surface area contributed by atoms with Crippen LogP contribution in [0.5, 0.6) is 5.75 Å². The maximum absolute atomic E-state index is 13.2. The predicted octanol–water partition coefficient (Wildman–Crippen LogP) is 5.07. The van der Waals surface area contributed by atoms with E-state index < -0.39 is 5.97 Å². The number of nitrogens with one attached hydrogen (secondary N) is 2. The highest BCUT2D eigenvalue weighted by Crippen LogP contribution is 2.51. The van der Waals surface area contributed by atoms with Crippen LogP contribution >= 0.6 is 0 Å². The van der Waals surface area contributed by atoms with Crippen molar-refractivity contribution >= 4 is 45.8 Å². The molecule has 2 aliphatic rings. The van der Waals surface area contributed by atoms with Crippen molar-refractivity contribution in [1.29, 1.82) is 0 Å². The molecule has 3 heterocycles. The molecule has 0 radical (unpaired) electrons. The normalized spacial score (nSPS) is 18.9. The van der Waals surface area contributed by atoms with E-state index in [9.17, 15) is 9.59 Å². The molecule has 6 rings (SSSR count). The summed E-state index contributed by atoms with van der Waals surface area (Å²) in [7, 11) is 7.76. The number of para-hydroxylation sites is 1. The van der Waals surface area contributed by atoms with E-state index in [2.05, 4.69) is 46.1 Å². The topological polar surface area (TPSA) is 114 Å². The second kappa shape index (κ2) is 11.9. The number of hydrogen-bond donors (Lipinski definition) is 2. The summed E-state index contributed by atoms with van der Waals surface area (Å²) >= 11 is 0. The number of carbonyl (C=O) groups excluding carboxylic acids is 2. The molecular formula is C34H39N7O4. The molecule has 2 unspecified atom stereocenters. The Morgan fingerprint density at radius 3 is 2.56 bits per heavy atom. The molecule has 1 saturated heterocycles. The number of rotatable bonds is 10. The number of piperidine rings is 1. The minimum Gasteiger partial charge on any atom is -0.494 e. The minimum absolute atomic E-state index is 0.249. The van der Waals surface area contributed by atoms with Gasteiger partial charge in [-0.15, -0.1) is 0 Å². The molecule has 0 bridgehead atoms. The number of methoxy groups -OCH3 is 1. The highest BCUT2D eigenvalue weighted by atomic mass is 16.5. The summed E-state index contributed by atoms with van der Waals surface area (Å²) < 4.78 is 13.4. The Kier molecular flexibility index (Phi) is 7.96. The van der Waals surface area contributed by atoms with Crippen molar-refractivity contribution in [3.05, 3.63) is 67.0 Å². The summed E-state index contributed by atoms with van der Waals surface area (Å²) in [5.74, 6) is 1.16. The van der Waals surface area contributed by atoms with Gasteiger partial charge in [-0.3, -0.25) is 4.79 Å². The Hall–Kier alpha value is -4.90. The van der Waals surface area contributed by atoms with Crippen LogP contribution in [-0.4, -0.2) is 77.8 Å². The zero-order chi connectivity index (χ0) is 32.0. The molecule has 11 heteroatoms. The van der Waals surface area contributed by atoms with Crippen LogP contribution in [0, 0.1) is 11.8 Å². The van der Waals surface area contributed by atoms with E-state index in [1.807, 2.05) is 54.2 Å². The highest BCUT2D eigenvalue weighted by Gasteiger charge is 2.57. The van der Waals surface area contributed by atoms with Gasteiger partial charge in [0.15, 0.2) is 0 Å². The van der Waals surface area contributed by atoms with E-state index in [4.69, 9.17) is 14.5 Å². The minimum atomic E-state index is -0.505. The van der Waals surface area contributed by atoms with Crippen LogP contribution in [-0.2, 0) is 16.6 Å². The summed E-state index contributed by atoms with van der Waals surface area (Å²) in [6.45, 7) is 9.35. The maximum atomic E-state index is 13.2. The number of hydrogen-bond acceptors (Lipinski definition) is 9. The van der Waals surface area contributed by atoms with E-state index in [0.29, 0.717) is 40.7 Å². The van der Waals surface area contributed by atoms with Crippen LogP contribution in [0.25, 0.3) is 22.2 Å². The van der Waals surface area contributed by atoms with Crippen LogP contribution in [0.1, 0.15) is 24.2 Å². The fourth-order valence-corrected chi connectivity index (χ4v) is 6.58. The van der Waals surface area contributed by atoms with Gasteiger partial charge in [-0.05, 0) is 50.9 Å². The summed E-state index contributed by atoms with van der Waals surface area (Å²) in [5.41, 5.74) is 4.47. The quantitative estimate of drug-likeness (QED) is 0.188. The zero-order valence-corrected chi connectivity index (χ0v) is 26.5. The van der Waals surface area contributed by atoms with Crippen LogP contribution in [0.3, 0.4) is 0 Å². The number of ether oxygens (including phenoxy) is 2. The van der Waals surface area contributed by atoms with Crippen molar-refractivity contribution < 1.29 is 19.1 Å². The van der Waals surface area contributed by atoms with Crippen molar-refractivity contribution in [1.82, 2.24) is 19.4 Å². The zero-order valence-electron chi connectivity index (χ0n) is 26.5. The van der Waals surface area contributed by atoms with Crippen molar-refractivity contribution in [2.75, 3.05) is 49.8 Å². The van der Waals surface area contributed by atoms with Gasteiger partial charge in [-0.2, -0.15) is 0 Å². The van der Waals surface area contributed by atoms with E-state index in [1.165, 1.54) is 12.3 Å². The summed E-state index contributed by atoms with van der Waals surface area (Å²) in [6.07, 6.45) is 4.37. The van der Waals surface area contributed by atoms with E-state index in [0.717, 1.165) is 35.2 Å². The molecule has 2 fully saturated rings. The van der Waals surface area contributed by atoms with Gasteiger partial charge in [0.2, 0.25) is 11.9 Å². The molecule has 234 valence electrons. The first-order chi connectivity index (χ1) is 21.6. The van der Waals surface area contributed by atoms with Gasteiger partial charge in [0.1, 0.15) is 11.3 Å². The standard InChI is InChI=1S/C34H39N7O4/c1-8-30(42)36-25-13-26(29(44-7)14-28(25)41(6)32-23-16-39(4)17-24(23)32)37-34-35-15-21(33(43)45-19(2)3)31(38-34)22-18-40(5)27-12-10-9-11-20(22)27/h8-15,18-19,23-24,32H,1,16-17H2,2-7H3,(H,36,42)(H,35,37,38)/t23-,24?,32?/m0/s1. The van der Waals surface area contributed by atoms with Gasteiger partial charge in [0, 0.05) is 68.2 Å². The van der Waals surface area contributed by atoms with Gasteiger partial charge in [-0.25, -0.2) is 14.8 Å². The molecule has 1 saturated carbocycles. The average Bonchev–Trinajstić information content (AvgIpc) is 3.34. The van der Waals surface area contributed by atoms with Gasteiger partial charge < -0.3 is 34.5 Å². The van der Waals surface area contributed by atoms with Crippen molar-refractivity contribution in [2.45, 2.75) is 26.0 Å². The molecule has 1 aliphatic heterocycles. The summed E-state index contributed by atoms with van der Waals surface area (Å²) in [6, 6.07) is 12.0. The molecule has 2 N–H and O–H groups in total. The molecule has 2 aromatic carbocycles. The van der Waals surface area contributed by atoms with Gasteiger partial charge in [0.05, 0.1) is 36.0 Å². The van der Waals surface area contributed by atoms with Crippen LogP contribution in [0.4, 0.5) is 23.0 Å². The van der Waals surface area contributed by atoms with Crippen LogP contribution in [0.15, 0.2) is 61.4 Å². The van der Waals surface area contributed by atoms with Gasteiger partial charge in [-0.1, -0.05) is 24.8 Å².